The highest BCUT2D eigenvalue weighted by molar-refractivity contribution is 6.22. The lowest BCUT2D eigenvalue weighted by Crippen LogP contribution is -1.96. The highest BCUT2D eigenvalue weighted by atomic mass is 16.3. The number of para-hydroxylation sites is 1. The standard InChI is InChI=1S/C59H37N3O/c1-3-13-38(14-4-1)40-25-29-43(30-26-40)52-37-53(61-59(60-52)44-31-27-41(28-32-44)39-15-5-2-6-16-39)47-20-11-18-45(35-47)46-19-12-21-48(36-46)56-55-50-23-9-10-24-54(50)63-58(55)51-34-33-42-17-7-8-22-49(42)57(51)62-56/h1-37H. The maximum atomic E-state index is 6.64. The van der Waals surface area contributed by atoms with Crippen molar-refractivity contribution in [3.8, 4) is 78.5 Å². The maximum absolute atomic E-state index is 6.64. The summed E-state index contributed by atoms with van der Waals surface area (Å²) in [7, 11) is 0. The van der Waals surface area contributed by atoms with Crippen LogP contribution in [-0.2, 0) is 0 Å². The van der Waals surface area contributed by atoms with E-state index in [0.29, 0.717) is 5.82 Å². The third-order valence-electron chi connectivity index (χ3n) is 12.1. The Morgan fingerprint density at radius 1 is 0.302 bits per heavy atom. The zero-order valence-electron chi connectivity index (χ0n) is 34.1. The first-order valence-corrected chi connectivity index (χ1v) is 21.2. The van der Waals surface area contributed by atoms with Gasteiger partial charge in [-0.1, -0.05) is 194 Å². The average molecular weight is 804 g/mol. The highest BCUT2D eigenvalue weighted by Crippen LogP contribution is 2.42. The van der Waals surface area contributed by atoms with Gasteiger partial charge in [0, 0.05) is 38.4 Å². The topological polar surface area (TPSA) is 51.8 Å². The molecule has 294 valence electrons. The molecule has 3 heterocycles. The third kappa shape index (κ3) is 6.62. The Bertz CT molecular complexity index is 3550. The fourth-order valence-corrected chi connectivity index (χ4v) is 8.89. The molecule has 0 saturated heterocycles. The molecule has 12 aromatic rings. The Labute approximate surface area is 364 Å². The van der Waals surface area contributed by atoms with E-state index in [4.69, 9.17) is 19.4 Å². The van der Waals surface area contributed by atoms with Crippen LogP contribution < -0.4 is 0 Å². The second-order valence-corrected chi connectivity index (χ2v) is 16.0. The molecule has 0 aliphatic heterocycles. The molecule has 63 heavy (non-hydrogen) atoms. The monoisotopic (exact) mass is 803 g/mol. The quantitative estimate of drug-likeness (QED) is 0.151. The van der Waals surface area contributed by atoms with E-state index >= 15 is 0 Å². The minimum atomic E-state index is 0.674. The summed E-state index contributed by atoms with van der Waals surface area (Å²) in [5.74, 6) is 0.674. The van der Waals surface area contributed by atoms with Crippen molar-refractivity contribution in [3.63, 3.8) is 0 Å². The number of hydrogen-bond donors (Lipinski definition) is 0. The Balaban J connectivity index is 0.974. The zero-order chi connectivity index (χ0) is 41.7. The van der Waals surface area contributed by atoms with Crippen LogP contribution >= 0.6 is 0 Å². The van der Waals surface area contributed by atoms with Crippen LogP contribution in [0.1, 0.15) is 0 Å². The molecular formula is C59H37N3O. The van der Waals surface area contributed by atoms with Gasteiger partial charge in [0.25, 0.3) is 0 Å². The summed E-state index contributed by atoms with van der Waals surface area (Å²) in [6.45, 7) is 0. The van der Waals surface area contributed by atoms with Crippen molar-refractivity contribution in [2.24, 2.45) is 0 Å². The Morgan fingerprint density at radius 2 is 0.810 bits per heavy atom. The zero-order valence-corrected chi connectivity index (χ0v) is 34.1. The van der Waals surface area contributed by atoms with E-state index in [0.717, 1.165) is 105 Å². The van der Waals surface area contributed by atoms with Crippen LogP contribution in [0.25, 0.3) is 122 Å². The molecular weight excluding hydrogens is 767 g/mol. The summed E-state index contributed by atoms with van der Waals surface area (Å²) < 4.78 is 6.64. The summed E-state index contributed by atoms with van der Waals surface area (Å²) in [5, 5.41) is 5.33. The van der Waals surface area contributed by atoms with Gasteiger partial charge in [-0.25, -0.2) is 15.0 Å². The van der Waals surface area contributed by atoms with Crippen LogP contribution in [-0.4, -0.2) is 15.0 Å². The van der Waals surface area contributed by atoms with Gasteiger partial charge in [-0.05, 0) is 69.1 Å². The minimum absolute atomic E-state index is 0.674. The van der Waals surface area contributed by atoms with Crippen LogP contribution in [0.5, 0.6) is 0 Å². The molecule has 0 bridgehead atoms. The normalized spacial score (nSPS) is 11.5. The first-order valence-electron chi connectivity index (χ1n) is 21.2. The van der Waals surface area contributed by atoms with Gasteiger partial charge in [-0.2, -0.15) is 0 Å². The molecule has 4 nitrogen and oxygen atoms in total. The van der Waals surface area contributed by atoms with Crippen LogP contribution in [0.4, 0.5) is 0 Å². The maximum Gasteiger partial charge on any atom is 0.160 e. The molecule has 0 saturated carbocycles. The number of pyridine rings is 1. The number of hydrogen-bond acceptors (Lipinski definition) is 4. The second kappa shape index (κ2) is 15.2. The lowest BCUT2D eigenvalue weighted by atomic mass is 9.96. The van der Waals surface area contributed by atoms with Gasteiger partial charge >= 0.3 is 0 Å². The molecule has 0 spiro atoms. The fraction of sp³-hybridized carbons (Fsp3) is 0. The highest BCUT2D eigenvalue weighted by Gasteiger charge is 2.20. The number of aromatic nitrogens is 3. The Hall–Kier alpha value is -8.47. The Morgan fingerprint density at radius 3 is 1.51 bits per heavy atom. The largest absolute Gasteiger partial charge is 0.455 e. The number of benzene rings is 9. The van der Waals surface area contributed by atoms with Gasteiger partial charge in [0.15, 0.2) is 5.82 Å². The SMILES string of the molecule is c1ccc(-c2ccc(-c3cc(-c4cccc(-c5cccc(-c6nc7c8ccccc8ccc7c7oc8ccccc8c67)c5)c4)nc(-c4ccc(-c5ccccc5)cc4)n3)cc2)cc1. The fourth-order valence-electron chi connectivity index (χ4n) is 8.89. The predicted molar refractivity (Wildman–Crippen MR) is 260 cm³/mol. The predicted octanol–water partition coefficient (Wildman–Crippen LogP) is 15.7. The molecule has 0 fully saturated rings. The molecule has 0 N–H and O–H groups in total. The lowest BCUT2D eigenvalue weighted by molar-refractivity contribution is 0.672. The van der Waals surface area contributed by atoms with Crippen molar-refractivity contribution in [1.29, 1.82) is 0 Å². The van der Waals surface area contributed by atoms with Crippen LogP contribution in [0, 0.1) is 0 Å². The first-order chi connectivity index (χ1) is 31.2. The van der Waals surface area contributed by atoms with E-state index in [9.17, 15) is 0 Å². The minimum Gasteiger partial charge on any atom is -0.455 e. The smallest absolute Gasteiger partial charge is 0.160 e. The van der Waals surface area contributed by atoms with E-state index in [1.165, 1.54) is 11.1 Å². The van der Waals surface area contributed by atoms with Gasteiger partial charge in [0.2, 0.25) is 0 Å². The van der Waals surface area contributed by atoms with Gasteiger partial charge in [-0.3, -0.25) is 0 Å². The summed E-state index contributed by atoms with van der Waals surface area (Å²) in [4.78, 5) is 15.9. The third-order valence-corrected chi connectivity index (χ3v) is 12.1. The van der Waals surface area contributed by atoms with Crippen LogP contribution in [0.2, 0.25) is 0 Å². The molecule has 0 aliphatic carbocycles. The molecule has 9 aromatic carbocycles. The second-order valence-electron chi connectivity index (χ2n) is 16.0. The molecule has 0 atom stereocenters. The van der Waals surface area contributed by atoms with E-state index < -0.39 is 0 Å². The van der Waals surface area contributed by atoms with Crippen molar-refractivity contribution < 1.29 is 4.42 Å². The average Bonchev–Trinajstić information content (AvgIpc) is 3.77. The summed E-state index contributed by atoms with van der Waals surface area (Å²) in [5.41, 5.74) is 16.1. The van der Waals surface area contributed by atoms with Crippen LogP contribution in [0.3, 0.4) is 0 Å². The molecule has 3 aromatic heterocycles. The van der Waals surface area contributed by atoms with Gasteiger partial charge in [0.1, 0.15) is 11.2 Å². The van der Waals surface area contributed by atoms with Crippen molar-refractivity contribution in [1.82, 2.24) is 15.0 Å². The Kier molecular flexibility index (Phi) is 8.79. The first kappa shape index (κ1) is 36.4. The van der Waals surface area contributed by atoms with E-state index in [1.807, 2.05) is 24.3 Å². The number of fused-ring (bicyclic) bond motifs is 7. The van der Waals surface area contributed by atoms with Gasteiger partial charge < -0.3 is 4.42 Å². The molecule has 0 radical (unpaired) electrons. The van der Waals surface area contributed by atoms with E-state index in [-0.39, 0.29) is 0 Å². The van der Waals surface area contributed by atoms with Crippen molar-refractivity contribution in [2.45, 2.75) is 0 Å². The van der Waals surface area contributed by atoms with Gasteiger partial charge in [0.05, 0.1) is 28.0 Å². The number of rotatable bonds is 7. The van der Waals surface area contributed by atoms with Crippen molar-refractivity contribution in [2.75, 3.05) is 0 Å². The molecule has 4 heteroatoms. The van der Waals surface area contributed by atoms with E-state index in [1.54, 1.807) is 0 Å². The number of furan rings is 1. The van der Waals surface area contributed by atoms with Crippen molar-refractivity contribution in [3.05, 3.63) is 224 Å². The number of nitrogens with zero attached hydrogens (tertiary/aromatic N) is 3. The summed E-state index contributed by atoms with van der Waals surface area (Å²) >= 11 is 0. The van der Waals surface area contributed by atoms with Crippen molar-refractivity contribution >= 4 is 43.6 Å². The summed E-state index contributed by atoms with van der Waals surface area (Å²) in [6.07, 6.45) is 0. The summed E-state index contributed by atoms with van der Waals surface area (Å²) in [6, 6.07) is 78.5. The van der Waals surface area contributed by atoms with Gasteiger partial charge in [-0.15, -0.1) is 0 Å². The van der Waals surface area contributed by atoms with E-state index in [2.05, 4.69) is 200 Å². The molecule has 12 rings (SSSR count). The molecule has 0 aliphatic rings. The van der Waals surface area contributed by atoms with Crippen LogP contribution in [0.15, 0.2) is 229 Å². The lowest BCUT2D eigenvalue weighted by Gasteiger charge is -2.12. The molecule has 0 unspecified atom stereocenters. The molecule has 0 amide bonds.